The van der Waals surface area contributed by atoms with Crippen LogP contribution in [0, 0.1) is 0 Å². The fourth-order valence-corrected chi connectivity index (χ4v) is 4.04. The van der Waals surface area contributed by atoms with Crippen LogP contribution in [0.5, 0.6) is 11.5 Å². The van der Waals surface area contributed by atoms with Crippen molar-refractivity contribution in [3.8, 4) is 11.5 Å². The molecule has 0 amide bonds. The fraction of sp³-hybridized carbons (Fsp3) is 0.654. The van der Waals surface area contributed by atoms with E-state index in [2.05, 4.69) is 66.7 Å². The molecule has 0 aromatic heterocycles. The maximum absolute atomic E-state index is 11.9. The third-order valence-electron chi connectivity index (χ3n) is 5.41. The van der Waals surface area contributed by atoms with Gasteiger partial charge >= 0.3 is 5.97 Å². The summed E-state index contributed by atoms with van der Waals surface area (Å²) in [5.74, 6) is 1.39. The molecule has 0 aliphatic carbocycles. The first-order chi connectivity index (χ1) is 13.4. The van der Waals surface area contributed by atoms with Crippen LogP contribution in [0.3, 0.4) is 0 Å². The van der Waals surface area contributed by atoms with Crippen molar-refractivity contribution < 1.29 is 14.3 Å². The molecule has 1 aromatic carbocycles. The quantitative estimate of drug-likeness (QED) is 0.213. The van der Waals surface area contributed by atoms with Gasteiger partial charge in [0.15, 0.2) is 0 Å². The third-order valence-corrected chi connectivity index (χ3v) is 5.41. The van der Waals surface area contributed by atoms with E-state index in [9.17, 15) is 4.79 Å². The smallest absolute Gasteiger partial charge is 0.308 e. The van der Waals surface area contributed by atoms with Gasteiger partial charge < -0.3 is 9.47 Å². The zero-order chi connectivity index (χ0) is 21.8. The van der Waals surface area contributed by atoms with Gasteiger partial charge in [0.05, 0.1) is 0 Å². The molecule has 1 aliphatic heterocycles. The Hall–Kier alpha value is -1.77. The second kappa shape index (κ2) is 9.36. The van der Waals surface area contributed by atoms with Gasteiger partial charge in [0.25, 0.3) is 0 Å². The van der Waals surface area contributed by atoms with Gasteiger partial charge in [0, 0.05) is 30.0 Å². The molecule has 0 saturated carbocycles. The van der Waals surface area contributed by atoms with E-state index in [-0.39, 0.29) is 22.9 Å². The largest absolute Gasteiger partial charge is 0.486 e. The van der Waals surface area contributed by atoms with Crippen LogP contribution in [-0.4, -0.2) is 12.1 Å². The number of rotatable bonds is 7. The Bertz CT molecular complexity index is 745. The van der Waals surface area contributed by atoms with E-state index in [1.54, 1.807) is 0 Å². The molecule has 2 rings (SSSR count). The molecule has 1 unspecified atom stereocenters. The molecule has 0 radical (unpaired) electrons. The summed E-state index contributed by atoms with van der Waals surface area (Å²) in [5.41, 5.74) is 3.01. The van der Waals surface area contributed by atoms with Crippen LogP contribution in [0.4, 0.5) is 0 Å². The Morgan fingerprint density at radius 1 is 1.14 bits per heavy atom. The Balaban J connectivity index is 2.38. The van der Waals surface area contributed by atoms with Crippen molar-refractivity contribution in [2.24, 2.45) is 0 Å². The highest BCUT2D eigenvalue weighted by Gasteiger charge is 2.36. The lowest BCUT2D eigenvalue weighted by Gasteiger charge is -2.30. The predicted octanol–water partition coefficient (Wildman–Crippen LogP) is 7.04. The van der Waals surface area contributed by atoms with Crippen LogP contribution < -0.4 is 9.47 Å². The first kappa shape index (κ1) is 23.5. The van der Waals surface area contributed by atoms with Crippen LogP contribution in [0.15, 0.2) is 18.2 Å². The summed E-state index contributed by atoms with van der Waals surface area (Å²) in [6.07, 6.45) is 11.6. The number of esters is 1. The maximum atomic E-state index is 11.9. The zero-order valence-corrected chi connectivity index (χ0v) is 19.8. The summed E-state index contributed by atoms with van der Waals surface area (Å²) in [7, 11) is 0. The average molecular weight is 401 g/mol. The van der Waals surface area contributed by atoms with E-state index in [0.29, 0.717) is 0 Å². The number of carbonyl (C=O) groups is 1. The van der Waals surface area contributed by atoms with Gasteiger partial charge in [-0.3, -0.25) is 4.79 Å². The lowest BCUT2D eigenvalue weighted by atomic mass is 9.76. The number of fused-ring (bicyclic) bond motifs is 1. The van der Waals surface area contributed by atoms with Crippen molar-refractivity contribution in [1.82, 2.24) is 0 Å². The lowest BCUT2D eigenvalue weighted by molar-refractivity contribution is -0.132. The number of hydrogen-bond donors (Lipinski definition) is 0. The molecular weight excluding hydrogens is 360 g/mol. The zero-order valence-electron chi connectivity index (χ0n) is 19.8. The van der Waals surface area contributed by atoms with Crippen LogP contribution in [-0.2, 0) is 22.0 Å². The molecule has 0 saturated heterocycles. The van der Waals surface area contributed by atoms with Crippen LogP contribution >= 0.6 is 0 Å². The van der Waals surface area contributed by atoms with E-state index in [0.717, 1.165) is 35.5 Å². The van der Waals surface area contributed by atoms with E-state index >= 15 is 0 Å². The van der Waals surface area contributed by atoms with Gasteiger partial charge in [-0.05, 0) is 35.8 Å². The van der Waals surface area contributed by atoms with E-state index in [1.807, 2.05) is 0 Å². The lowest BCUT2D eigenvalue weighted by Crippen LogP contribution is -2.22. The second-order valence-corrected chi connectivity index (χ2v) is 10.3. The summed E-state index contributed by atoms with van der Waals surface area (Å²) in [5, 5.41) is 0. The van der Waals surface area contributed by atoms with Gasteiger partial charge in [0.2, 0.25) is 0 Å². The Morgan fingerprint density at radius 2 is 1.83 bits per heavy atom. The first-order valence-corrected chi connectivity index (χ1v) is 11.2. The Kier molecular flexibility index (Phi) is 7.59. The van der Waals surface area contributed by atoms with Crippen molar-refractivity contribution in [1.29, 1.82) is 0 Å². The maximum Gasteiger partial charge on any atom is 0.308 e. The van der Waals surface area contributed by atoms with Gasteiger partial charge in [-0.1, -0.05) is 73.8 Å². The molecule has 1 atom stereocenters. The van der Waals surface area contributed by atoms with E-state index in [1.165, 1.54) is 38.2 Å². The number of ether oxygens (including phenoxy) is 2. The normalized spacial score (nSPS) is 16.8. The molecule has 0 bridgehead atoms. The van der Waals surface area contributed by atoms with Crippen LogP contribution in [0.2, 0.25) is 0 Å². The van der Waals surface area contributed by atoms with Gasteiger partial charge in [-0.25, -0.2) is 0 Å². The van der Waals surface area contributed by atoms with Crippen molar-refractivity contribution >= 4 is 5.97 Å². The number of unbranched alkanes of at least 4 members (excludes halogenated alkanes) is 4. The number of hydrogen-bond acceptors (Lipinski definition) is 3. The molecule has 0 N–H and O–H groups in total. The van der Waals surface area contributed by atoms with Crippen LogP contribution in [0.25, 0.3) is 0 Å². The SMILES string of the molecule is CCCCCCC=CC1Cc2c(cc(C(C)(C)C)c(OC(C)=O)c2C(C)(C)C)O1. The number of carbonyl (C=O) groups excluding carboxylic acids is 1. The van der Waals surface area contributed by atoms with E-state index in [4.69, 9.17) is 9.47 Å². The van der Waals surface area contributed by atoms with Crippen molar-refractivity contribution in [2.75, 3.05) is 0 Å². The fourth-order valence-electron chi connectivity index (χ4n) is 4.04. The Morgan fingerprint density at radius 3 is 2.38 bits per heavy atom. The summed E-state index contributed by atoms with van der Waals surface area (Å²) in [6, 6.07) is 2.10. The molecule has 1 aliphatic rings. The minimum atomic E-state index is -0.275. The molecule has 3 heteroatoms. The van der Waals surface area contributed by atoms with Gasteiger partial charge in [-0.15, -0.1) is 0 Å². The van der Waals surface area contributed by atoms with Crippen molar-refractivity contribution in [3.63, 3.8) is 0 Å². The second-order valence-electron chi connectivity index (χ2n) is 10.3. The minimum absolute atomic E-state index is 0.0534. The first-order valence-electron chi connectivity index (χ1n) is 11.2. The molecule has 1 aromatic rings. The summed E-state index contributed by atoms with van der Waals surface area (Å²) in [6.45, 7) is 16.7. The number of allylic oxidation sites excluding steroid dienone is 1. The molecule has 162 valence electrons. The highest BCUT2D eigenvalue weighted by Crippen LogP contribution is 2.48. The summed E-state index contributed by atoms with van der Waals surface area (Å²) < 4.78 is 12.2. The van der Waals surface area contributed by atoms with E-state index < -0.39 is 0 Å². The van der Waals surface area contributed by atoms with Crippen molar-refractivity contribution in [3.05, 3.63) is 34.9 Å². The minimum Gasteiger partial charge on any atom is -0.486 e. The standard InChI is InChI=1S/C26H40O3/c1-9-10-11-12-13-14-15-19-16-20-22(29-19)17-21(25(3,4)5)24(28-18(2)27)23(20)26(6,7)8/h14-15,17,19H,9-13,16H2,1-8H3. The summed E-state index contributed by atoms with van der Waals surface area (Å²) >= 11 is 0. The topological polar surface area (TPSA) is 35.5 Å². The number of benzene rings is 1. The third kappa shape index (κ3) is 6.10. The molecule has 3 nitrogen and oxygen atoms in total. The van der Waals surface area contributed by atoms with Crippen LogP contribution in [0.1, 0.15) is 104 Å². The highest BCUT2D eigenvalue weighted by molar-refractivity contribution is 5.72. The molecular formula is C26H40O3. The average Bonchev–Trinajstić information content (AvgIpc) is 2.96. The highest BCUT2D eigenvalue weighted by atomic mass is 16.5. The van der Waals surface area contributed by atoms with Gasteiger partial charge in [-0.2, -0.15) is 0 Å². The molecule has 0 fully saturated rings. The molecule has 29 heavy (non-hydrogen) atoms. The predicted molar refractivity (Wildman–Crippen MR) is 121 cm³/mol. The molecule has 1 heterocycles. The van der Waals surface area contributed by atoms with Gasteiger partial charge in [0.1, 0.15) is 17.6 Å². The molecule has 0 spiro atoms. The Labute approximate surface area is 177 Å². The summed E-state index contributed by atoms with van der Waals surface area (Å²) in [4.78, 5) is 11.9. The monoisotopic (exact) mass is 400 g/mol. The van der Waals surface area contributed by atoms with Crippen molar-refractivity contribution in [2.45, 2.75) is 111 Å².